The Morgan fingerprint density at radius 2 is 2.15 bits per heavy atom. The zero-order chi connectivity index (χ0) is 17.8. The summed E-state index contributed by atoms with van der Waals surface area (Å²) in [4.78, 5) is 19.1. The van der Waals surface area contributed by atoms with Crippen molar-refractivity contribution in [2.45, 2.75) is 64.0 Å². The van der Waals surface area contributed by atoms with Gasteiger partial charge < -0.3 is 10.2 Å². The van der Waals surface area contributed by atoms with E-state index in [1.54, 1.807) is 6.20 Å². The number of aromatic amines is 1. The van der Waals surface area contributed by atoms with Crippen LogP contribution in [-0.2, 0) is 19.4 Å². The molecule has 0 bridgehead atoms. The largest absolute Gasteiger partial charge is 0.332 e. The first-order chi connectivity index (χ1) is 12.8. The van der Waals surface area contributed by atoms with Crippen molar-refractivity contribution in [3.63, 3.8) is 0 Å². The van der Waals surface area contributed by atoms with E-state index in [4.69, 9.17) is 0 Å². The second kappa shape index (κ2) is 7.89. The summed E-state index contributed by atoms with van der Waals surface area (Å²) in [5.41, 5.74) is 4.71. The maximum Gasteiger partial charge on any atom is 0.318 e. The lowest BCUT2D eigenvalue weighted by Gasteiger charge is -2.35. The average molecular weight is 353 g/mol. The molecule has 0 aromatic carbocycles. The summed E-state index contributed by atoms with van der Waals surface area (Å²) in [6, 6.07) is 4.13. The van der Waals surface area contributed by atoms with Gasteiger partial charge >= 0.3 is 6.03 Å². The first-order valence-electron chi connectivity index (χ1n) is 9.82. The van der Waals surface area contributed by atoms with Gasteiger partial charge in [0, 0.05) is 24.6 Å². The molecule has 1 fully saturated rings. The molecule has 0 unspecified atom stereocenters. The number of rotatable bonds is 3. The Bertz CT molecular complexity index is 742. The normalized spacial score (nSPS) is 20.3. The molecule has 1 saturated heterocycles. The van der Waals surface area contributed by atoms with Crippen molar-refractivity contribution in [1.29, 1.82) is 0 Å². The summed E-state index contributed by atoms with van der Waals surface area (Å²) < 4.78 is 0. The molecule has 2 aromatic rings. The van der Waals surface area contributed by atoms with Gasteiger partial charge in [-0.1, -0.05) is 12.5 Å². The fourth-order valence-electron chi connectivity index (χ4n) is 4.23. The van der Waals surface area contributed by atoms with Crippen LogP contribution in [-0.4, -0.2) is 32.7 Å². The Kier molecular flexibility index (Phi) is 5.18. The van der Waals surface area contributed by atoms with Gasteiger partial charge in [0.25, 0.3) is 0 Å². The zero-order valence-electron chi connectivity index (χ0n) is 15.2. The van der Waals surface area contributed by atoms with E-state index in [0.29, 0.717) is 6.54 Å². The topological polar surface area (TPSA) is 73.9 Å². The van der Waals surface area contributed by atoms with Crippen molar-refractivity contribution in [2.24, 2.45) is 0 Å². The lowest BCUT2D eigenvalue weighted by atomic mass is 9.97. The molecule has 2 amide bonds. The first-order valence-corrected chi connectivity index (χ1v) is 9.82. The van der Waals surface area contributed by atoms with Crippen LogP contribution < -0.4 is 5.32 Å². The molecule has 26 heavy (non-hydrogen) atoms. The average Bonchev–Trinajstić information content (AvgIpc) is 2.93. The fourth-order valence-corrected chi connectivity index (χ4v) is 4.23. The lowest BCUT2D eigenvalue weighted by molar-refractivity contribution is 0.151. The Balaban J connectivity index is 1.43. The number of aromatic nitrogens is 3. The second-order valence-corrected chi connectivity index (χ2v) is 7.34. The van der Waals surface area contributed by atoms with Crippen LogP contribution in [0.25, 0.3) is 0 Å². The van der Waals surface area contributed by atoms with Crippen molar-refractivity contribution >= 4 is 6.03 Å². The molecule has 6 nitrogen and oxygen atoms in total. The van der Waals surface area contributed by atoms with Crippen LogP contribution in [0.15, 0.2) is 24.5 Å². The van der Waals surface area contributed by atoms with Crippen LogP contribution in [0.3, 0.4) is 0 Å². The minimum Gasteiger partial charge on any atom is -0.332 e. The minimum absolute atomic E-state index is 0.00363. The van der Waals surface area contributed by atoms with Gasteiger partial charge in [-0.2, -0.15) is 5.10 Å². The summed E-state index contributed by atoms with van der Waals surface area (Å²) >= 11 is 0. The number of H-pyrrole nitrogens is 1. The number of urea groups is 1. The molecule has 138 valence electrons. The van der Waals surface area contributed by atoms with Gasteiger partial charge in [0.1, 0.15) is 0 Å². The van der Waals surface area contributed by atoms with Gasteiger partial charge in [0.05, 0.1) is 18.3 Å². The van der Waals surface area contributed by atoms with Crippen LogP contribution in [0.1, 0.15) is 67.1 Å². The number of carbonyl (C=O) groups is 1. The van der Waals surface area contributed by atoms with Crippen molar-refractivity contribution < 1.29 is 4.79 Å². The molecule has 6 heteroatoms. The molecule has 1 atom stereocenters. The van der Waals surface area contributed by atoms with Gasteiger partial charge in [0.2, 0.25) is 0 Å². The highest BCUT2D eigenvalue weighted by molar-refractivity contribution is 5.75. The molecule has 3 heterocycles. The SMILES string of the molecule is O=C(NCc1n[nH]c2c1CCCCC2)N1CCCC[C@@H]1c1cccnc1. The summed E-state index contributed by atoms with van der Waals surface area (Å²) in [7, 11) is 0. The van der Waals surface area contributed by atoms with Crippen molar-refractivity contribution in [3.05, 3.63) is 47.0 Å². The monoisotopic (exact) mass is 353 g/mol. The number of nitrogens with zero attached hydrogens (tertiary/aromatic N) is 3. The van der Waals surface area contributed by atoms with E-state index in [0.717, 1.165) is 49.9 Å². The van der Waals surface area contributed by atoms with Crippen molar-refractivity contribution in [3.8, 4) is 0 Å². The highest BCUT2D eigenvalue weighted by Crippen LogP contribution is 2.30. The molecule has 2 aliphatic rings. The Morgan fingerprint density at radius 1 is 1.23 bits per heavy atom. The molecule has 1 aliphatic heterocycles. The standard InChI is InChI=1S/C20H27N5O/c26-20(22-14-18-16-8-2-1-3-9-17(16)23-24-18)25-12-5-4-10-19(25)15-7-6-11-21-13-15/h6-7,11,13,19H,1-5,8-10,12,14H2,(H,22,26)(H,23,24)/t19-/m1/s1. The van der Waals surface area contributed by atoms with Gasteiger partial charge in [-0.25, -0.2) is 4.79 Å². The molecule has 2 aromatic heterocycles. The van der Waals surface area contributed by atoms with E-state index in [1.165, 1.54) is 30.5 Å². The third-order valence-electron chi connectivity index (χ3n) is 5.63. The minimum atomic E-state index is 0.00363. The molecule has 0 saturated carbocycles. The number of hydrogen-bond acceptors (Lipinski definition) is 3. The van der Waals surface area contributed by atoms with E-state index in [-0.39, 0.29) is 12.1 Å². The predicted molar refractivity (Wildman–Crippen MR) is 99.6 cm³/mol. The molecule has 0 radical (unpaired) electrons. The Labute approximate surface area is 154 Å². The van der Waals surface area contributed by atoms with Crippen LogP contribution >= 0.6 is 0 Å². The van der Waals surface area contributed by atoms with Gasteiger partial charge in [-0.05, 0) is 62.1 Å². The van der Waals surface area contributed by atoms with Gasteiger partial charge in [-0.3, -0.25) is 10.1 Å². The second-order valence-electron chi connectivity index (χ2n) is 7.34. The van der Waals surface area contributed by atoms with Crippen molar-refractivity contribution in [1.82, 2.24) is 25.4 Å². The Hall–Kier alpha value is -2.37. The molecule has 2 N–H and O–H groups in total. The summed E-state index contributed by atoms with van der Waals surface area (Å²) in [5, 5.41) is 10.8. The summed E-state index contributed by atoms with van der Waals surface area (Å²) in [5.74, 6) is 0. The molecular formula is C20H27N5O. The van der Waals surface area contributed by atoms with E-state index in [9.17, 15) is 4.79 Å². The van der Waals surface area contributed by atoms with Crippen LogP contribution in [0, 0.1) is 0 Å². The third-order valence-corrected chi connectivity index (χ3v) is 5.63. The number of amides is 2. The quantitative estimate of drug-likeness (QED) is 0.829. The number of carbonyl (C=O) groups excluding carboxylic acids is 1. The zero-order valence-corrected chi connectivity index (χ0v) is 15.2. The molecular weight excluding hydrogens is 326 g/mol. The Morgan fingerprint density at radius 3 is 3.04 bits per heavy atom. The third kappa shape index (κ3) is 3.59. The summed E-state index contributed by atoms with van der Waals surface area (Å²) in [6.45, 7) is 1.30. The maximum atomic E-state index is 12.9. The molecule has 1 aliphatic carbocycles. The van der Waals surface area contributed by atoms with Crippen molar-refractivity contribution in [2.75, 3.05) is 6.54 Å². The first kappa shape index (κ1) is 17.1. The maximum absolute atomic E-state index is 12.9. The van der Waals surface area contributed by atoms with Crippen LogP contribution in [0.4, 0.5) is 4.79 Å². The number of aryl methyl sites for hydroxylation is 1. The van der Waals surface area contributed by atoms with Gasteiger partial charge in [0.15, 0.2) is 0 Å². The molecule has 0 spiro atoms. The number of hydrogen-bond donors (Lipinski definition) is 2. The number of pyridine rings is 1. The van der Waals surface area contributed by atoms with E-state index >= 15 is 0 Å². The highest BCUT2D eigenvalue weighted by Gasteiger charge is 2.28. The summed E-state index contributed by atoms with van der Waals surface area (Å²) in [6.07, 6.45) is 12.7. The van der Waals surface area contributed by atoms with Crippen LogP contribution in [0.5, 0.6) is 0 Å². The highest BCUT2D eigenvalue weighted by atomic mass is 16.2. The lowest BCUT2D eigenvalue weighted by Crippen LogP contribution is -2.44. The van der Waals surface area contributed by atoms with E-state index < -0.39 is 0 Å². The number of nitrogens with one attached hydrogen (secondary N) is 2. The number of piperidine rings is 1. The smallest absolute Gasteiger partial charge is 0.318 e. The molecule has 4 rings (SSSR count). The number of likely N-dealkylation sites (tertiary alicyclic amines) is 1. The predicted octanol–water partition coefficient (Wildman–Crippen LogP) is 3.51. The van der Waals surface area contributed by atoms with E-state index in [2.05, 4.69) is 26.6 Å². The van der Waals surface area contributed by atoms with Crippen LogP contribution in [0.2, 0.25) is 0 Å². The van der Waals surface area contributed by atoms with E-state index in [1.807, 2.05) is 17.2 Å². The van der Waals surface area contributed by atoms with Gasteiger partial charge in [-0.15, -0.1) is 0 Å². The fraction of sp³-hybridized carbons (Fsp3) is 0.550. The number of fused-ring (bicyclic) bond motifs is 1.